The van der Waals surface area contributed by atoms with E-state index in [0.717, 1.165) is 11.3 Å². The Morgan fingerprint density at radius 2 is 1.86 bits per heavy atom. The molecule has 4 N–H and O–H groups in total. The lowest BCUT2D eigenvalue weighted by molar-refractivity contribution is 0.100. The first-order chi connectivity index (χ1) is 13.5. The molecule has 1 aromatic carbocycles. The van der Waals surface area contributed by atoms with E-state index in [9.17, 15) is 15.3 Å². The summed E-state index contributed by atoms with van der Waals surface area (Å²) < 4.78 is 11.6. The fraction of sp³-hybridized carbons (Fsp3) is 0.476. The molecule has 0 saturated heterocycles. The van der Waals surface area contributed by atoms with Gasteiger partial charge in [-0.1, -0.05) is 18.2 Å². The van der Waals surface area contributed by atoms with Crippen molar-refractivity contribution in [2.24, 2.45) is 0 Å². The number of nitrogens with one attached hydrogen (secondary N) is 1. The molecule has 1 heterocycles. The minimum absolute atomic E-state index is 0.0461. The van der Waals surface area contributed by atoms with Crippen molar-refractivity contribution in [1.29, 1.82) is 0 Å². The van der Waals surface area contributed by atoms with Crippen LogP contribution in [0.3, 0.4) is 0 Å². The van der Waals surface area contributed by atoms with Gasteiger partial charge in [0.1, 0.15) is 30.3 Å². The van der Waals surface area contributed by atoms with Crippen molar-refractivity contribution in [1.82, 2.24) is 10.3 Å². The van der Waals surface area contributed by atoms with Gasteiger partial charge in [0, 0.05) is 30.4 Å². The molecule has 0 fully saturated rings. The Morgan fingerprint density at radius 1 is 1.11 bits per heavy atom. The van der Waals surface area contributed by atoms with Gasteiger partial charge in [-0.25, -0.2) is 0 Å². The predicted octanol–water partition coefficient (Wildman–Crippen LogP) is 1.48. The number of aromatic nitrogens is 1. The highest BCUT2D eigenvalue weighted by molar-refractivity contribution is 5.41. The average Bonchev–Trinajstić information content (AvgIpc) is 2.68. The molecular formula is C21H30N2O5. The van der Waals surface area contributed by atoms with Gasteiger partial charge in [0.25, 0.3) is 0 Å². The third-order valence-electron chi connectivity index (χ3n) is 4.39. The molecule has 1 aromatic heterocycles. The number of pyridine rings is 1. The molecule has 2 atom stereocenters. The van der Waals surface area contributed by atoms with Crippen LogP contribution < -0.4 is 14.8 Å². The molecule has 0 aliphatic heterocycles. The molecule has 0 aliphatic carbocycles. The second-order valence-corrected chi connectivity index (χ2v) is 6.81. The molecule has 154 valence electrons. The summed E-state index contributed by atoms with van der Waals surface area (Å²) in [4.78, 5) is 4.16. The molecule has 7 heteroatoms. The zero-order valence-electron chi connectivity index (χ0n) is 16.7. The minimum atomic E-state index is -0.741. The second-order valence-electron chi connectivity index (χ2n) is 6.81. The number of aliphatic hydroxyl groups excluding tert-OH is 3. The third kappa shape index (κ3) is 6.17. The first-order valence-corrected chi connectivity index (χ1v) is 9.39. The normalized spacial score (nSPS) is 13.2. The van der Waals surface area contributed by atoms with E-state index in [4.69, 9.17) is 9.47 Å². The molecule has 0 amide bonds. The zero-order chi connectivity index (χ0) is 20.5. The largest absolute Gasteiger partial charge is 0.489 e. The molecule has 2 unspecified atom stereocenters. The highest BCUT2D eigenvalue weighted by Gasteiger charge is 2.15. The van der Waals surface area contributed by atoms with Crippen molar-refractivity contribution in [3.8, 4) is 11.5 Å². The standard InChI is InChI=1S/C21H30N2O5/c1-14-6-4-5-7-20(14)28-15(2)8-22-10-18(26)13-27-21-16(3)23-9-17(11-24)19(21)12-25/h4-7,9,15,18,22,24-26H,8,10-13H2,1-3H3. The molecule has 28 heavy (non-hydrogen) atoms. The summed E-state index contributed by atoms with van der Waals surface area (Å²) in [6.07, 6.45) is 0.721. The summed E-state index contributed by atoms with van der Waals surface area (Å²) in [5, 5.41) is 32.3. The summed E-state index contributed by atoms with van der Waals surface area (Å²) >= 11 is 0. The van der Waals surface area contributed by atoms with Gasteiger partial charge in [-0.15, -0.1) is 0 Å². The first kappa shape index (κ1) is 22.1. The Kier molecular flexibility index (Phi) is 8.66. The fourth-order valence-electron chi connectivity index (χ4n) is 2.82. The molecule has 0 spiro atoms. The van der Waals surface area contributed by atoms with Crippen LogP contribution in [0.25, 0.3) is 0 Å². The quantitative estimate of drug-likeness (QED) is 0.461. The van der Waals surface area contributed by atoms with E-state index < -0.39 is 6.10 Å². The van der Waals surface area contributed by atoms with Crippen molar-refractivity contribution >= 4 is 0 Å². The Hall–Kier alpha value is -2.19. The summed E-state index contributed by atoms with van der Waals surface area (Å²) in [5.41, 5.74) is 2.69. The SMILES string of the molecule is Cc1ccccc1OC(C)CNCC(O)COc1c(C)ncc(CO)c1CO. The maximum Gasteiger partial charge on any atom is 0.146 e. The van der Waals surface area contributed by atoms with Crippen LogP contribution >= 0.6 is 0 Å². The molecule has 0 radical (unpaired) electrons. The molecule has 0 bridgehead atoms. The monoisotopic (exact) mass is 390 g/mol. The van der Waals surface area contributed by atoms with Crippen LogP contribution in [0.4, 0.5) is 0 Å². The Balaban J connectivity index is 1.79. The number of hydrogen-bond acceptors (Lipinski definition) is 7. The van der Waals surface area contributed by atoms with Gasteiger partial charge in [0.05, 0.1) is 18.9 Å². The van der Waals surface area contributed by atoms with Gasteiger partial charge in [-0.3, -0.25) is 4.98 Å². The van der Waals surface area contributed by atoms with Gasteiger partial charge >= 0.3 is 0 Å². The van der Waals surface area contributed by atoms with Crippen LogP contribution in [-0.4, -0.2) is 52.2 Å². The van der Waals surface area contributed by atoms with E-state index in [-0.39, 0.29) is 25.9 Å². The maximum absolute atomic E-state index is 10.2. The van der Waals surface area contributed by atoms with E-state index in [2.05, 4.69) is 10.3 Å². The number of benzene rings is 1. The van der Waals surface area contributed by atoms with Crippen molar-refractivity contribution in [3.63, 3.8) is 0 Å². The Bertz CT molecular complexity index is 754. The van der Waals surface area contributed by atoms with Crippen molar-refractivity contribution < 1.29 is 24.8 Å². The zero-order valence-corrected chi connectivity index (χ0v) is 16.7. The van der Waals surface area contributed by atoms with Crippen LogP contribution in [0.15, 0.2) is 30.5 Å². The number of nitrogens with zero attached hydrogens (tertiary/aromatic N) is 1. The maximum atomic E-state index is 10.2. The van der Waals surface area contributed by atoms with Crippen molar-refractivity contribution in [3.05, 3.63) is 52.8 Å². The number of hydrogen-bond donors (Lipinski definition) is 4. The molecule has 7 nitrogen and oxygen atoms in total. The number of ether oxygens (including phenoxy) is 2. The van der Waals surface area contributed by atoms with Gasteiger partial charge in [-0.05, 0) is 32.4 Å². The molecule has 0 saturated carbocycles. The van der Waals surface area contributed by atoms with E-state index in [1.165, 1.54) is 6.20 Å². The first-order valence-electron chi connectivity index (χ1n) is 9.39. The van der Waals surface area contributed by atoms with Crippen LogP contribution in [0.1, 0.15) is 29.3 Å². The molecule has 0 aliphatic rings. The van der Waals surface area contributed by atoms with Gasteiger partial charge in [0.2, 0.25) is 0 Å². The molecular weight excluding hydrogens is 360 g/mol. The summed E-state index contributed by atoms with van der Waals surface area (Å²) in [7, 11) is 0. The Labute approximate surface area is 166 Å². The van der Waals surface area contributed by atoms with Crippen LogP contribution in [-0.2, 0) is 13.2 Å². The summed E-state index contributed by atoms with van der Waals surface area (Å²) in [5.74, 6) is 1.26. The fourth-order valence-corrected chi connectivity index (χ4v) is 2.82. The lowest BCUT2D eigenvalue weighted by Gasteiger charge is -2.20. The predicted molar refractivity (Wildman–Crippen MR) is 106 cm³/mol. The number of rotatable bonds is 11. The van der Waals surface area contributed by atoms with Crippen molar-refractivity contribution in [2.45, 2.75) is 46.2 Å². The topological polar surface area (TPSA) is 104 Å². The average molecular weight is 390 g/mol. The minimum Gasteiger partial charge on any atom is -0.489 e. The van der Waals surface area contributed by atoms with Crippen LogP contribution in [0, 0.1) is 13.8 Å². The lowest BCUT2D eigenvalue weighted by Crippen LogP contribution is -2.37. The van der Waals surface area contributed by atoms with Crippen LogP contribution in [0.2, 0.25) is 0 Å². The van der Waals surface area contributed by atoms with Crippen molar-refractivity contribution in [2.75, 3.05) is 19.7 Å². The third-order valence-corrected chi connectivity index (χ3v) is 4.39. The van der Waals surface area contributed by atoms with Gasteiger partial charge in [-0.2, -0.15) is 0 Å². The summed E-state index contributed by atoms with van der Waals surface area (Å²) in [6.45, 7) is 6.18. The number of aryl methyl sites for hydroxylation is 2. The van der Waals surface area contributed by atoms with Gasteiger partial charge in [0.15, 0.2) is 0 Å². The highest BCUT2D eigenvalue weighted by Crippen LogP contribution is 2.25. The van der Waals surface area contributed by atoms with E-state index in [1.54, 1.807) is 6.92 Å². The Morgan fingerprint density at radius 3 is 2.54 bits per heavy atom. The van der Waals surface area contributed by atoms with E-state index in [1.807, 2.05) is 38.1 Å². The lowest BCUT2D eigenvalue weighted by atomic mass is 10.1. The number of para-hydroxylation sites is 1. The summed E-state index contributed by atoms with van der Waals surface area (Å²) in [6, 6.07) is 7.84. The highest BCUT2D eigenvalue weighted by atomic mass is 16.5. The molecule has 2 rings (SSSR count). The number of aliphatic hydroxyl groups is 3. The second kappa shape index (κ2) is 11.0. The molecule has 2 aromatic rings. The van der Waals surface area contributed by atoms with E-state index >= 15 is 0 Å². The van der Waals surface area contributed by atoms with Crippen LogP contribution in [0.5, 0.6) is 11.5 Å². The van der Waals surface area contributed by atoms with Gasteiger partial charge < -0.3 is 30.1 Å². The smallest absolute Gasteiger partial charge is 0.146 e. The van der Waals surface area contributed by atoms with E-state index in [0.29, 0.717) is 35.7 Å².